The van der Waals surface area contributed by atoms with Gasteiger partial charge >= 0.3 is 0 Å². The van der Waals surface area contributed by atoms with Gasteiger partial charge in [0.25, 0.3) is 6.43 Å². The number of hydrogen-bond acceptors (Lipinski definition) is 3. The second kappa shape index (κ2) is 7.66. The lowest BCUT2D eigenvalue weighted by molar-refractivity contribution is 0.152. The number of aliphatic hydroxyl groups is 1. The molecule has 0 bridgehead atoms. The number of alkyl halides is 2. The lowest BCUT2D eigenvalue weighted by atomic mass is 10.1. The predicted molar refractivity (Wildman–Crippen MR) is 72.2 cm³/mol. The van der Waals surface area contributed by atoms with Crippen molar-refractivity contribution in [2.75, 3.05) is 31.6 Å². The van der Waals surface area contributed by atoms with Crippen LogP contribution in [-0.2, 0) is 6.54 Å². The molecule has 2 N–H and O–H groups in total. The van der Waals surface area contributed by atoms with Crippen LogP contribution < -0.4 is 10.2 Å². The van der Waals surface area contributed by atoms with E-state index >= 15 is 0 Å². The van der Waals surface area contributed by atoms with Crippen molar-refractivity contribution < 1.29 is 13.9 Å². The van der Waals surface area contributed by atoms with E-state index in [1.54, 1.807) is 13.1 Å². The number of anilines is 1. The van der Waals surface area contributed by atoms with E-state index in [0.29, 0.717) is 12.2 Å². The van der Waals surface area contributed by atoms with Crippen molar-refractivity contribution in [1.82, 2.24) is 5.32 Å². The highest BCUT2D eigenvalue weighted by atomic mass is 79.9. The van der Waals surface area contributed by atoms with Gasteiger partial charge in [-0.1, -0.05) is 22.0 Å². The van der Waals surface area contributed by atoms with E-state index in [1.165, 1.54) is 4.90 Å². The van der Waals surface area contributed by atoms with Gasteiger partial charge in [0, 0.05) is 23.2 Å². The first-order chi connectivity index (χ1) is 8.58. The molecule has 1 rings (SSSR count). The highest BCUT2D eigenvalue weighted by molar-refractivity contribution is 9.10. The van der Waals surface area contributed by atoms with Crippen LogP contribution in [-0.4, -0.2) is 38.3 Å². The summed E-state index contributed by atoms with van der Waals surface area (Å²) in [7, 11) is 1.80. The van der Waals surface area contributed by atoms with Gasteiger partial charge in [0.1, 0.15) is 0 Å². The lowest BCUT2D eigenvalue weighted by Gasteiger charge is -2.26. The van der Waals surface area contributed by atoms with Gasteiger partial charge in [0.15, 0.2) is 0 Å². The molecular weight excluding hydrogens is 306 g/mol. The fourth-order valence-electron chi connectivity index (χ4n) is 1.77. The summed E-state index contributed by atoms with van der Waals surface area (Å²) in [4.78, 5) is 1.50. The van der Waals surface area contributed by atoms with Crippen molar-refractivity contribution in [3.05, 3.63) is 28.2 Å². The van der Waals surface area contributed by atoms with Crippen molar-refractivity contribution in [3.8, 4) is 0 Å². The summed E-state index contributed by atoms with van der Waals surface area (Å²) in [6.07, 6.45) is -2.43. The van der Waals surface area contributed by atoms with Crippen LogP contribution in [0, 0.1) is 0 Å². The van der Waals surface area contributed by atoms with Crippen molar-refractivity contribution in [1.29, 1.82) is 0 Å². The standard InChI is InChI=1S/C12H17BrF2N2O/c1-16-7-9-2-3-10(13)6-11(9)17(4-5-18)8-12(14)15/h2-3,6,12,16,18H,4-5,7-8H2,1H3. The molecule has 6 heteroatoms. The number of hydrogen-bond donors (Lipinski definition) is 2. The Balaban J connectivity index is 3.03. The zero-order valence-electron chi connectivity index (χ0n) is 10.2. The molecule has 0 aliphatic heterocycles. The molecule has 1 aromatic rings. The molecule has 3 nitrogen and oxygen atoms in total. The van der Waals surface area contributed by atoms with Crippen LogP contribution in [0.4, 0.5) is 14.5 Å². The highest BCUT2D eigenvalue weighted by Crippen LogP contribution is 2.25. The summed E-state index contributed by atoms with van der Waals surface area (Å²) in [6.45, 7) is 0.247. The fraction of sp³-hybridized carbons (Fsp3) is 0.500. The van der Waals surface area contributed by atoms with E-state index in [9.17, 15) is 8.78 Å². The Morgan fingerprint density at radius 3 is 2.72 bits per heavy atom. The maximum absolute atomic E-state index is 12.6. The molecule has 0 aliphatic carbocycles. The molecule has 0 aliphatic rings. The van der Waals surface area contributed by atoms with E-state index in [4.69, 9.17) is 5.11 Å². The quantitative estimate of drug-likeness (QED) is 0.808. The van der Waals surface area contributed by atoms with Crippen molar-refractivity contribution >= 4 is 21.6 Å². The van der Waals surface area contributed by atoms with E-state index in [2.05, 4.69) is 21.2 Å². The van der Waals surface area contributed by atoms with Gasteiger partial charge in [-0.25, -0.2) is 8.78 Å². The Labute approximate surface area is 114 Å². The monoisotopic (exact) mass is 322 g/mol. The molecule has 0 amide bonds. The van der Waals surface area contributed by atoms with E-state index in [1.807, 2.05) is 12.1 Å². The molecule has 0 saturated heterocycles. The third-order valence-corrected chi connectivity index (χ3v) is 2.98. The minimum absolute atomic E-state index is 0.155. The summed E-state index contributed by atoms with van der Waals surface area (Å²) in [5.41, 5.74) is 1.64. The van der Waals surface area contributed by atoms with Crippen LogP contribution in [0.5, 0.6) is 0 Å². The molecule has 0 radical (unpaired) electrons. The number of rotatable bonds is 7. The number of benzene rings is 1. The Morgan fingerprint density at radius 1 is 1.44 bits per heavy atom. The van der Waals surface area contributed by atoms with Crippen LogP contribution in [0.2, 0.25) is 0 Å². The van der Waals surface area contributed by atoms with Gasteiger partial charge in [-0.2, -0.15) is 0 Å². The van der Waals surface area contributed by atoms with Crippen molar-refractivity contribution in [2.45, 2.75) is 13.0 Å². The average molecular weight is 323 g/mol. The van der Waals surface area contributed by atoms with Gasteiger partial charge in [-0.3, -0.25) is 0 Å². The van der Waals surface area contributed by atoms with Gasteiger partial charge < -0.3 is 15.3 Å². The van der Waals surface area contributed by atoms with Gasteiger partial charge in [-0.05, 0) is 24.7 Å². The summed E-state index contributed by atoms with van der Waals surface area (Å²) in [6, 6.07) is 5.55. The summed E-state index contributed by atoms with van der Waals surface area (Å²) >= 11 is 3.34. The lowest BCUT2D eigenvalue weighted by Crippen LogP contribution is -2.32. The Hall–Kier alpha value is -0.720. The molecule has 0 saturated carbocycles. The molecule has 18 heavy (non-hydrogen) atoms. The van der Waals surface area contributed by atoms with E-state index < -0.39 is 6.43 Å². The van der Waals surface area contributed by atoms with Crippen molar-refractivity contribution in [3.63, 3.8) is 0 Å². The Morgan fingerprint density at radius 2 is 2.17 bits per heavy atom. The number of nitrogens with one attached hydrogen (secondary N) is 1. The first kappa shape index (κ1) is 15.3. The normalized spacial score (nSPS) is 11.0. The largest absolute Gasteiger partial charge is 0.395 e. The van der Waals surface area contributed by atoms with Crippen LogP contribution in [0.15, 0.2) is 22.7 Å². The third kappa shape index (κ3) is 4.51. The molecular formula is C12H17BrF2N2O. The molecule has 0 heterocycles. The Bertz CT molecular complexity index is 377. The van der Waals surface area contributed by atoms with E-state index in [0.717, 1.165) is 10.0 Å². The molecule has 0 unspecified atom stereocenters. The first-order valence-corrected chi connectivity index (χ1v) is 6.44. The molecule has 102 valence electrons. The van der Waals surface area contributed by atoms with Crippen LogP contribution in [0.3, 0.4) is 0 Å². The summed E-state index contributed by atoms with van der Waals surface area (Å²) in [5, 5.41) is 12.0. The van der Waals surface area contributed by atoms with Crippen LogP contribution in [0.25, 0.3) is 0 Å². The second-order valence-electron chi connectivity index (χ2n) is 3.86. The summed E-state index contributed by atoms with van der Waals surface area (Å²) in [5.74, 6) is 0. The molecule has 0 spiro atoms. The Kier molecular flexibility index (Phi) is 6.52. The van der Waals surface area contributed by atoms with Gasteiger partial charge in [-0.15, -0.1) is 0 Å². The second-order valence-corrected chi connectivity index (χ2v) is 4.78. The van der Waals surface area contributed by atoms with Crippen LogP contribution in [0.1, 0.15) is 5.56 Å². The van der Waals surface area contributed by atoms with Crippen LogP contribution >= 0.6 is 15.9 Å². The minimum atomic E-state index is -2.43. The molecule has 0 fully saturated rings. The van der Waals surface area contributed by atoms with E-state index in [-0.39, 0.29) is 19.7 Å². The fourth-order valence-corrected chi connectivity index (χ4v) is 2.12. The SMILES string of the molecule is CNCc1ccc(Br)cc1N(CCO)CC(F)F. The minimum Gasteiger partial charge on any atom is -0.395 e. The zero-order chi connectivity index (χ0) is 13.5. The predicted octanol–water partition coefficient (Wildman–Crippen LogP) is 2.23. The number of nitrogens with zero attached hydrogens (tertiary/aromatic N) is 1. The third-order valence-electron chi connectivity index (χ3n) is 2.48. The number of aliphatic hydroxyl groups excluding tert-OH is 1. The maximum atomic E-state index is 12.6. The van der Waals surface area contributed by atoms with Gasteiger partial charge in [0.2, 0.25) is 0 Å². The topological polar surface area (TPSA) is 35.5 Å². The molecule has 0 aromatic heterocycles. The average Bonchev–Trinajstić information content (AvgIpc) is 2.30. The van der Waals surface area contributed by atoms with Crippen molar-refractivity contribution in [2.24, 2.45) is 0 Å². The smallest absolute Gasteiger partial charge is 0.255 e. The first-order valence-electron chi connectivity index (χ1n) is 5.65. The molecule has 1 aromatic carbocycles. The maximum Gasteiger partial charge on any atom is 0.255 e. The molecule has 0 atom stereocenters. The number of halogens is 3. The highest BCUT2D eigenvalue weighted by Gasteiger charge is 2.15. The summed E-state index contributed by atoms with van der Waals surface area (Å²) < 4.78 is 26.0. The van der Waals surface area contributed by atoms with Gasteiger partial charge in [0.05, 0.1) is 13.2 Å². The zero-order valence-corrected chi connectivity index (χ0v) is 11.8.